The number of nitro groups is 1. The first-order chi connectivity index (χ1) is 7.56. The smallest absolute Gasteiger partial charge is 0.311 e. The second kappa shape index (κ2) is 5.49. The molecule has 1 radical (unpaired) electrons. The first-order valence-electron chi connectivity index (χ1n) is 5.30. The van der Waals surface area contributed by atoms with Gasteiger partial charge in [-0.2, -0.15) is 0 Å². The number of rotatable bonds is 5. The van der Waals surface area contributed by atoms with Crippen LogP contribution in [-0.4, -0.2) is 11.5 Å². The van der Waals surface area contributed by atoms with Crippen LogP contribution in [0.25, 0.3) is 0 Å². The third kappa shape index (κ3) is 2.95. The first-order valence-corrected chi connectivity index (χ1v) is 5.30. The Bertz CT molecular complexity index is 375. The standard InChI is InChI=1S/C12H16NO3/c1-4-7-16-12-6-5-10(9(2)3)8-11(12)13(14)15/h5-6,8-9H,2,4,7H2,1,3H3. The Balaban J connectivity index is 3.04. The molecule has 16 heavy (non-hydrogen) atoms. The van der Waals surface area contributed by atoms with Crippen LogP contribution in [0.3, 0.4) is 0 Å². The van der Waals surface area contributed by atoms with Gasteiger partial charge in [-0.25, -0.2) is 0 Å². The molecule has 0 amide bonds. The van der Waals surface area contributed by atoms with Gasteiger partial charge in [-0.15, -0.1) is 0 Å². The monoisotopic (exact) mass is 222 g/mol. The summed E-state index contributed by atoms with van der Waals surface area (Å²) >= 11 is 0. The number of benzene rings is 1. The van der Waals surface area contributed by atoms with E-state index in [-0.39, 0.29) is 11.6 Å². The molecule has 4 nitrogen and oxygen atoms in total. The summed E-state index contributed by atoms with van der Waals surface area (Å²) < 4.78 is 5.32. The normalized spacial score (nSPS) is 10.5. The molecule has 1 unspecified atom stereocenters. The lowest BCUT2D eigenvalue weighted by molar-refractivity contribution is -0.385. The summed E-state index contributed by atoms with van der Waals surface area (Å²) in [4.78, 5) is 10.4. The predicted molar refractivity (Wildman–Crippen MR) is 62.7 cm³/mol. The van der Waals surface area contributed by atoms with Crippen LogP contribution in [0.1, 0.15) is 31.7 Å². The summed E-state index contributed by atoms with van der Waals surface area (Å²) in [7, 11) is 0. The molecule has 1 aromatic carbocycles. The van der Waals surface area contributed by atoms with Crippen LogP contribution in [0.15, 0.2) is 18.2 Å². The molecule has 0 aromatic heterocycles. The minimum Gasteiger partial charge on any atom is -0.487 e. The van der Waals surface area contributed by atoms with E-state index in [0.29, 0.717) is 12.4 Å². The van der Waals surface area contributed by atoms with Crippen molar-refractivity contribution in [1.29, 1.82) is 0 Å². The van der Waals surface area contributed by atoms with Crippen LogP contribution in [0, 0.1) is 17.0 Å². The van der Waals surface area contributed by atoms with E-state index < -0.39 is 4.92 Å². The highest BCUT2D eigenvalue weighted by Crippen LogP contribution is 2.30. The van der Waals surface area contributed by atoms with E-state index in [1.165, 1.54) is 6.07 Å². The van der Waals surface area contributed by atoms with Crippen LogP contribution in [0.2, 0.25) is 0 Å². The molecule has 0 heterocycles. The summed E-state index contributed by atoms with van der Waals surface area (Å²) in [6.07, 6.45) is 0.824. The van der Waals surface area contributed by atoms with Crippen molar-refractivity contribution in [2.45, 2.75) is 26.2 Å². The van der Waals surface area contributed by atoms with Gasteiger partial charge in [0, 0.05) is 6.07 Å². The van der Waals surface area contributed by atoms with Crippen molar-refractivity contribution in [2.24, 2.45) is 0 Å². The Hall–Kier alpha value is -1.58. The van der Waals surface area contributed by atoms with E-state index in [9.17, 15) is 10.1 Å². The number of hydrogen-bond donors (Lipinski definition) is 0. The molecule has 4 heteroatoms. The first kappa shape index (κ1) is 12.5. The summed E-state index contributed by atoms with van der Waals surface area (Å²) in [6, 6.07) is 4.99. The highest BCUT2D eigenvalue weighted by atomic mass is 16.6. The second-order valence-corrected chi connectivity index (χ2v) is 3.73. The molecule has 0 bridgehead atoms. The maximum Gasteiger partial charge on any atom is 0.311 e. The lowest BCUT2D eigenvalue weighted by Gasteiger charge is -2.09. The van der Waals surface area contributed by atoms with Gasteiger partial charge in [0.15, 0.2) is 5.75 Å². The van der Waals surface area contributed by atoms with Crippen molar-refractivity contribution in [3.63, 3.8) is 0 Å². The topological polar surface area (TPSA) is 52.4 Å². The number of ether oxygens (including phenoxy) is 1. The summed E-state index contributed by atoms with van der Waals surface area (Å²) in [5.41, 5.74) is 0.858. The van der Waals surface area contributed by atoms with Gasteiger partial charge in [0.2, 0.25) is 0 Å². The zero-order valence-electron chi connectivity index (χ0n) is 9.60. The average Bonchev–Trinajstić information content (AvgIpc) is 2.25. The molecule has 1 aromatic rings. The Kier molecular flexibility index (Phi) is 4.28. The van der Waals surface area contributed by atoms with Crippen LogP contribution in [0.5, 0.6) is 5.75 Å². The third-order valence-corrected chi connectivity index (χ3v) is 2.21. The van der Waals surface area contributed by atoms with Gasteiger partial charge in [-0.1, -0.05) is 19.9 Å². The quantitative estimate of drug-likeness (QED) is 0.567. The van der Waals surface area contributed by atoms with Crippen molar-refractivity contribution >= 4 is 5.69 Å². The fourth-order valence-corrected chi connectivity index (χ4v) is 1.32. The van der Waals surface area contributed by atoms with Crippen LogP contribution < -0.4 is 4.74 Å². The van der Waals surface area contributed by atoms with Crippen molar-refractivity contribution in [1.82, 2.24) is 0 Å². The van der Waals surface area contributed by atoms with Gasteiger partial charge in [0.25, 0.3) is 0 Å². The molecule has 0 aliphatic heterocycles. The number of nitro benzene ring substituents is 1. The fraction of sp³-hybridized carbons (Fsp3) is 0.417. The molecule has 0 fully saturated rings. The Morgan fingerprint density at radius 3 is 2.75 bits per heavy atom. The molecule has 0 spiro atoms. The van der Waals surface area contributed by atoms with Crippen LogP contribution in [0.4, 0.5) is 5.69 Å². The molecule has 0 saturated heterocycles. The second-order valence-electron chi connectivity index (χ2n) is 3.73. The van der Waals surface area contributed by atoms with Gasteiger partial charge >= 0.3 is 5.69 Å². The average molecular weight is 222 g/mol. The van der Waals surface area contributed by atoms with E-state index in [4.69, 9.17) is 4.74 Å². The van der Waals surface area contributed by atoms with Crippen molar-refractivity contribution < 1.29 is 9.66 Å². The summed E-state index contributed by atoms with van der Waals surface area (Å²) in [6.45, 7) is 8.17. The zero-order valence-corrected chi connectivity index (χ0v) is 9.60. The van der Waals surface area contributed by atoms with Gasteiger partial charge < -0.3 is 4.74 Å². The molecule has 0 saturated carbocycles. The van der Waals surface area contributed by atoms with Crippen molar-refractivity contribution in [2.75, 3.05) is 6.61 Å². The molecule has 0 N–H and O–H groups in total. The van der Waals surface area contributed by atoms with Crippen molar-refractivity contribution in [3.8, 4) is 5.75 Å². The van der Waals surface area contributed by atoms with E-state index in [1.807, 2.05) is 19.9 Å². The van der Waals surface area contributed by atoms with E-state index >= 15 is 0 Å². The van der Waals surface area contributed by atoms with E-state index in [0.717, 1.165) is 12.0 Å². The fourth-order valence-electron chi connectivity index (χ4n) is 1.32. The Labute approximate surface area is 95.4 Å². The molecular weight excluding hydrogens is 206 g/mol. The zero-order chi connectivity index (χ0) is 12.1. The van der Waals surface area contributed by atoms with Crippen molar-refractivity contribution in [3.05, 3.63) is 40.8 Å². The maximum atomic E-state index is 10.9. The van der Waals surface area contributed by atoms with E-state index in [2.05, 4.69) is 6.92 Å². The van der Waals surface area contributed by atoms with Crippen LogP contribution >= 0.6 is 0 Å². The SMILES string of the molecule is [CH2]C(C)c1ccc(OCCC)c([N+](=O)[O-])c1. The van der Waals surface area contributed by atoms with Gasteiger partial charge in [0.05, 0.1) is 11.5 Å². The largest absolute Gasteiger partial charge is 0.487 e. The third-order valence-electron chi connectivity index (χ3n) is 2.21. The lowest BCUT2D eigenvalue weighted by Crippen LogP contribution is -2.00. The van der Waals surface area contributed by atoms with E-state index in [1.54, 1.807) is 6.07 Å². The Morgan fingerprint density at radius 2 is 2.25 bits per heavy atom. The molecule has 1 atom stereocenters. The highest BCUT2D eigenvalue weighted by Gasteiger charge is 2.16. The van der Waals surface area contributed by atoms with Gasteiger partial charge in [-0.3, -0.25) is 10.1 Å². The molecule has 0 aliphatic carbocycles. The lowest BCUT2D eigenvalue weighted by atomic mass is 10.0. The minimum atomic E-state index is -0.420. The highest BCUT2D eigenvalue weighted by molar-refractivity contribution is 5.49. The minimum absolute atomic E-state index is 0.0152. The molecular formula is C12H16NO3. The van der Waals surface area contributed by atoms with Gasteiger partial charge in [-0.05, 0) is 30.9 Å². The maximum absolute atomic E-state index is 10.9. The van der Waals surface area contributed by atoms with Gasteiger partial charge in [0.1, 0.15) is 0 Å². The molecule has 87 valence electrons. The van der Waals surface area contributed by atoms with Crippen LogP contribution in [-0.2, 0) is 0 Å². The number of hydrogen-bond acceptors (Lipinski definition) is 3. The summed E-state index contributed by atoms with van der Waals surface area (Å²) in [5, 5.41) is 10.9. The number of nitrogens with zero attached hydrogens (tertiary/aromatic N) is 1. The molecule has 1 rings (SSSR count). The molecule has 0 aliphatic rings. The predicted octanol–water partition coefficient (Wildman–Crippen LogP) is 3.32. The Morgan fingerprint density at radius 1 is 1.56 bits per heavy atom. The summed E-state index contributed by atoms with van der Waals surface area (Å²) in [5.74, 6) is 0.357.